The fraction of sp³-hybridized carbons (Fsp3) is 0.667. The summed E-state index contributed by atoms with van der Waals surface area (Å²) in [5.74, 6) is 4.17. The second-order valence-corrected chi connectivity index (χ2v) is 4.89. The van der Waals surface area contributed by atoms with Crippen molar-refractivity contribution >= 4 is 29.5 Å². The number of thioether (sulfide) groups is 2. The summed E-state index contributed by atoms with van der Waals surface area (Å²) >= 11 is 3.79. The SMILES string of the molecule is Nc1nc(C2CSCCS2)no1. The van der Waals surface area contributed by atoms with E-state index in [0.717, 1.165) is 17.3 Å². The Bertz CT molecular complexity index is 259. The molecule has 1 aliphatic heterocycles. The third-order valence-electron chi connectivity index (χ3n) is 1.56. The van der Waals surface area contributed by atoms with Crippen LogP contribution in [0.1, 0.15) is 11.1 Å². The van der Waals surface area contributed by atoms with E-state index in [1.54, 1.807) is 0 Å². The van der Waals surface area contributed by atoms with E-state index in [1.165, 1.54) is 5.75 Å². The van der Waals surface area contributed by atoms with Crippen LogP contribution in [0.15, 0.2) is 4.52 Å². The zero-order valence-electron chi connectivity index (χ0n) is 6.40. The number of nitrogens with two attached hydrogens (primary N) is 1. The average Bonchev–Trinajstić information content (AvgIpc) is 2.54. The molecule has 1 aliphatic rings. The van der Waals surface area contributed by atoms with Crippen LogP contribution < -0.4 is 5.73 Å². The summed E-state index contributed by atoms with van der Waals surface area (Å²) in [5, 5.41) is 4.16. The summed E-state index contributed by atoms with van der Waals surface area (Å²) < 4.78 is 4.71. The number of nitrogens with zero attached hydrogens (tertiary/aromatic N) is 2. The molecule has 0 aliphatic carbocycles. The first kappa shape index (κ1) is 8.25. The minimum absolute atomic E-state index is 0.168. The largest absolute Gasteiger partial charge is 0.351 e. The van der Waals surface area contributed by atoms with Crippen LogP contribution >= 0.6 is 23.5 Å². The maximum absolute atomic E-state index is 5.33. The predicted octanol–water partition coefficient (Wildman–Crippen LogP) is 1.17. The van der Waals surface area contributed by atoms with Gasteiger partial charge in [0.25, 0.3) is 0 Å². The topological polar surface area (TPSA) is 64.9 Å². The fourth-order valence-corrected chi connectivity index (χ4v) is 3.60. The second kappa shape index (κ2) is 3.57. The van der Waals surface area contributed by atoms with Crippen LogP contribution in [-0.2, 0) is 0 Å². The van der Waals surface area contributed by atoms with Gasteiger partial charge in [-0.1, -0.05) is 5.16 Å². The Labute approximate surface area is 78.7 Å². The quantitative estimate of drug-likeness (QED) is 0.739. The molecule has 2 rings (SSSR count). The van der Waals surface area contributed by atoms with Gasteiger partial charge >= 0.3 is 6.01 Å². The van der Waals surface area contributed by atoms with Crippen LogP contribution in [0.5, 0.6) is 0 Å². The molecule has 1 atom stereocenters. The molecule has 1 saturated heterocycles. The van der Waals surface area contributed by atoms with E-state index in [4.69, 9.17) is 10.3 Å². The van der Waals surface area contributed by atoms with Gasteiger partial charge in [0, 0.05) is 17.3 Å². The summed E-state index contributed by atoms with van der Waals surface area (Å²) in [6.07, 6.45) is 0. The Morgan fingerprint density at radius 1 is 1.50 bits per heavy atom. The van der Waals surface area contributed by atoms with Crippen LogP contribution in [0.25, 0.3) is 0 Å². The zero-order chi connectivity index (χ0) is 8.39. The zero-order valence-corrected chi connectivity index (χ0v) is 8.03. The smallest absolute Gasteiger partial charge is 0.318 e. The molecule has 1 aromatic rings. The lowest BCUT2D eigenvalue weighted by Crippen LogP contribution is -2.07. The monoisotopic (exact) mass is 203 g/mol. The summed E-state index contributed by atoms with van der Waals surface area (Å²) in [6, 6.07) is 0.168. The maximum atomic E-state index is 5.33. The lowest BCUT2D eigenvalue weighted by molar-refractivity contribution is 0.427. The molecule has 2 heterocycles. The molecule has 0 radical (unpaired) electrons. The first-order valence-electron chi connectivity index (χ1n) is 3.64. The molecular weight excluding hydrogens is 194 g/mol. The molecule has 4 nitrogen and oxygen atoms in total. The van der Waals surface area contributed by atoms with Crippen molar-refractivity contribution in [2.45, 2.75) is 5.25 Å². The van der Waals surface area contributed by atoms with Gasteiger partial charge in [-0.25, -0.2) is 0 Å². The molecule has 0 saturated carbocycles. The molecule has 1 aromatic heterocycles. The Kier molecular flexibility index (Phi) is 2.45. The van der Waals surface area contributed by atoms with Crippen molar-refractivity contribution in [2.75, 3.05) is 23.0 Å². The van der Waals surface area contributed by atoms with Gasteiger partial charge < -0.3 is 10.3 Å². The molecule has 66 valence electrons. The molecule has 6 heteroatoms. The van der Waals surface area contributed by atoms with E-state index < -0.39 is 0 Å². The Morgan fingerprint density at radius 3 is 3.00 bits per heavy atom. The molecule has 2 N–H and O–H groups in total. The van der Waals surface area contributed by atoms with E-state index in [9.17, 15) is 0 Å². The third kappa shape index (κ3) is 1.69. The van der Waals surface area contributed by atoms with Gasteiger partial charge in [-0.15, -0.1) is 11.8 Å². The summed E-state index contributed by atoms with van der Waals surface area (Å²) in [4.78, 5) is 4.00. The van der Waals surface area contributed by atoms with E-state index in [1.807, 2.05) is 23.5 Å². The van der Waals surface area contributed by atoms with Crippen LogP contribution in [-0.4, -0.2) is 27.4 Å². The standard InChI is InChI=1S/C6H9N3OS2/c7-6-8-5(9-10-6)4-3-11-1-2-12-4/h4H,1-3H2,(H2,7,8,9). The molecule has 1 fully saturated rings. The molecule has 0 spiro atoms. The highest BCUT2D eigenvalue weighted by molar-refractivity contribution is 8.06. The van der Waals surface area contributed by atoms with Gasteiger partial charge in [0.05, 0.1) is 5.25 Å². The fourth-order valence-electron chi connectivity index (χ4n) is 1.01. The molecule has 0 bridgehead atoms. The van der Waals surface area contributed by atoms with Gasteiger partial charge in [0.15, 0.2) is 5.82 Å². The summed E-state index contributed by atoms with van der Waals surface area (Å²) in [5.41, 5.74) is 5.33. The molecule has 0 aromatic carbocycles. The van der Waals surface area contributed by atoms with Crippen molar-refractivity contribution in [3.63, 3.8) is 0 Å². The lowest BCUT2D eigenvalue weighted by Gasteiger charge is -2.16. The van der Waals surface area contributed by atoms with E-state index in [-0.39, 0.29) is 6.01 Å². The highest BCUT2D eigenvalue weighted by Crippen LogP contribution is 2.35. The van der Waals surface area contributed by atoms with Gasteiger partial charge in [0.2, 0.25) is 0 Å². The molecule has 12 heavy (non-hydrogen) atoms. The molecular formula is C6H9N3OS2. The molecule has 0 amide bonds. The lowest BCUT2D eigenvalue weighted by atomic mass is 10.4. The average molecular weight is 203 g/mol. The highest BCUT2D eigenvalue weighted by atomic mass is 32.2. The second-order valence-electron chi connectivity index (χ2n) is 2.43. The van der Waals surface area contributed by atoms with Crippen molar-refractivity contribution in [3.05, 3.63) is 5.82 Å². The van der Waals surface area contributed by atoms with Crippen LogP contribution in [0.3, 0.4) is 0 Å². The van der Waals surface area contributed by atoms with Crippen molar-refractivity contribution in [1.82, 2.24) is 10.1 Å². The maximum Gasteiger partial charge on any atom is 0.318 e. The van der Waals surface area contributed by atoms with Crippen molar-refractivity contribution in [3.8, 4) is 0 Å². The van der Waals surface area contributed by atoms with Gasteiger partial charge in [-0.3, -0.25) is 0 Å². The molecule has 1 unspecified atom stereocenters. The van der Waals surface area contributed by atoms with E-state index >= 15 is 0 Å². The summed E-state index contributed by atoms with van der Waals surface area (Å²) in [6.45, 7) is 0. The number of rotatable bonds is 1. The number of hydrogen-bond donors (Lipinski definition) is 1. The Hall–Kier alpha value is -0.360. The van der Waals surface area contributed by atoms with Gasteiger partial charge in [-0.2, -0.15) is 16.7 Å². The number of hydrogen-bond acceptors (Lipinski definition) is 6. The third-order valence-corrected chi connectivity index (χ3v) is 4.31. The first-order chi connectivity index (χ1) is 5.86. The summed E-state index contributed by atoms with van der Waals surface area (Å²) in [7, 11) is 0. The van der Waals surface area contributed by atoms with Crippen molar-refractivity contribution in [1.29, 1.82) is 0 Å². The van der Waals surface area contributed by atoms with Crippen LogP contribution in [0.2, 0.25) is 0 Å². The Morgan fingerprint density at radius 2 is 2.42 bits per heavy atom. The van der Waals surface area contributed by atoms with Crippen molar-refractivity contribution < 1.29 is 4.52 Å². The normalized spacial score (nSPS) is 24.2. The van der Waals surface area contributed by atoms with Crippen molar-refractivity contribution in [2.24, 2.45) is 0 Å². The van der Waals surface area contributed by atoms with Gasteiger partial charge in [-0.05, 0) is 0 Å². The number of aromatic nitrogens is 2. The predicted molar refractivity (Wildman–Crippen MR) is 51.2 cm³/mol. The van der Waals surface area contributed by atoms with Gasteiger partial charge in [0.1, 0.15) is 0 Å². The Balaban J connectivity index is 2.08. The minimum atomic E-state index is 0.168. The van der Waals surface area contributed by atoms with E-state index in [0.29, 0.717) is 5.25 Å². The van der Waals surface area contributed by atoms with Crippen LogP contribution in [0.4, 0.5) is 6.01 Å². The first-order valence-corrected chi connectivity index (χ1v) is 5.85. The van der Waals surface area contributed by atoms with E-state index in [2.05, 4.69) is 10.1 Å². The number of anilines is 1. The number of nitrogen functional groups attached to an aromatic ring is 1. The highest BCUT2D eigenvalue weighted by Gasteiger charge is 2.20. The van der Waals surface area contributed by atoms with Crippen LogP contribution in [0, 0.1) is 0 Å². The minimum Gasteiger partial charge on any atom is -0.351 e.